The number of nitrogens with one attached hydrogen (secondary N) is 2. The first kappa shape index (κ1) is 20.4. The highest BCUT2D eigenvalue weighted by atomic mass is 32.2. The maximum atomic E-state index is 13.7. The summed E-state index contributed by atoms with van der Waals surface area (Å²) in [6.07, 6.45) is 0. The van der Waals surface area contributed by atoms with Gasteiger partial charge in [0.05, 0.1) is 36.8 Å². The Labute approximate surface area is 162 Å². The summed E-state index contributed by atoms with van der Waals surface area (Å²) in [6, 6.07) is 10.4. The van der Waals surface area contributed by atoms with Crippen LogP contribution in [0, 0.1) is 11.6 Å². The number of carbonyl (C=O) groups is 1. The SMILES string of the molecule is C[C@@H](C(=O)Nc1ccccc1F)[NH+]1CCN(S(=O)(=O)c2cccc(F)c2)CC1. The molecule has 3 rings (SSSR count). The second-order valence-corrected chi connectivity index (χ2v) is 8.65. The summed E-state index contributed by atoms with van der Waals surface area (Å²) in [5.74, 6) is -1.45. The van der Waals surface area contributed by atoms with E-state index in [1.807, 2.05) is 0 Å². The summed E-state index contributed by atoms with van der Waals surface area (Å²) in [4.78, 5) is 13.2. The zero-order valence-corrected chi connectivity index (χ0v) is 16.2. The van der Waals surface area contributed by atoms with Crippen molar-refractivity contribution in [1.82, 2.24) is 4.31 Å². The van der Waals surface area contributed by atoms with Gasteiger partial charge in [-0.05, 0) is 37.3 Å². The molecule has 2 aromatic rings. The van der Waals surface area contributed by atoms with E-state index in [2.05, 4.69) is 5.32 Å². The Morgan fingerprint density at radius 3 is 2.43 bits per heavy atom. The van der Waals surface area contributed by atoms with Gasteiger partial charge in [-0.15, -0.1) is 0 Å². The van der Waals surface area contributed by atoms with E-state index in [0.29, 0.717) is 13.1 Å². The van der Waals surface area contributed by atoms with Crippen LogP contribution in [0.3, 0.4) is 0 Å². The average Bonchev–Trinajstić information content (AvgIpc) is 2.69. The molecule has 6 nitrogen and oxygen atoms in total. The monoisotopic (exact) mass is 410 g/mol. The molecule has 9 heteroatoms. The quantitative estimate of drug-likeness (QED) is 0.769. The van der Waals surface area contributed by atoms with Gasteiger partial charge in [0.1, 0.15) is 11.6 Å². The lowest BCUT2D eigenvalue weighted by Gasteiger charge is -2.34. The number of hydrogen-bond donors (Lipinski definition) is 2. The first-order valence-electron chi connectivity index (χ1n) is 8.95. The molecule has 1 heterocycles. The van der Waals surface area contributed by atoms with E-state index >= 15 is 0 Å². The lowest BCUT2D eigenvalue weighted by molar-refractivity contribution is -0.917. The fourth-order valence-corrected chi connectivity index (χ4v) is 4.69. The Bertz CT molecular complexity index is 960. The lowest BCUT2D eigenvalue weighted by atomic mass is 10.2. The van der Waals surface area contributed by atoms with Crippen LogP contribution in [-0.2, 0) is 14.8 Å². The minimum Gasteiger partial charge on any atom is -0.323 e. The zero-order valence-electron chi connectivity index (χ0n) is 15.4. The van der Waals surface area contributed by atoms with E-state index < -0.39 is 27.7 Å². The Kier molecular flexibility index (Phi) is 6.07. The van der Waals surface area contributed by atoms with Crippen molar-refractivity contribution in [3.05, 3.63) is 60.2 Å². The number of rotatable bonds is 5. The van der Waals surface area contributed by atoms with Gasteiger partial charge in [-0.2, -0.15) is 4.31 Å². The highest BCUT2D eigenvalue weighted by molar-refractivity contribution is 7.89. The van der Waals surface area contributed by atoms with E-state index in [4.69, 9.17) is 0 Å². The largest absolute Gasteiger partial charge is 0.323 e. The van der Waals surface area contributed by atoms with Crippen molar-refractivity contribution < 1.29 is 26.9 Å². The van der Waals surface area contributed by atoms with Gasteiger partial charge in [-0.1, -0.05) is 18.2 Å². The number of benzene rings is 2. The Hall–Kier alpha value is -2.36. The van der Waals surface area contributed by atoms with Crippen LogP contribution in [-0.4, -0.2) is 50.9 Å². The number of para-hydroxylation sites is 1. The number of nitrogens with zero attached hydrogens (tertiary/aromatic N) is 1. The third kappa shape index (κ3) is 4.37. The minimum atomic E-state index is -3.78. The van der Waals surface area contributed by atoms with Gasteiger partial charge in [-0.3, -0.25) is 4.79 Å². The second kappa shape index (κ2) is 8.34. The molecule has 1 saturated heterocycles. The molecule has 1 fully saturated rings. The molecule has 150 valence electrons. The highest BCUT2D eigenvalue weighted by Crippen LogP contribution is 2.17. The van der Waals surface area contributed by atoms with Crippen molar-refractivity contribution in [2.45, 2.75) is 17.9 Å². The molecule has 1 aliphatic rings. The van der Waals surface area contributed by atoms with E-state index in [0.717, 1.165) is 11.0 Å². The Morgan fingerprint density at radius 2 is 1.79 bits per heavy atom. The molecule has 2 aromatic carbocycles. The molecular formula is C19H22F2N3O3S+. The van der Waals surface area contributed by atoms with Gasteiger partial charge in [0.15, 0.2) is 6.04 Å². The molecule has 0 aromatic heterocycles. The molecule has 1 atom stereocenters. The van der Waals surface area contributed by atoms with Crippen molar-refractivity contribution in [1.29, 1.82) is 0 Å². The predicted molar refractivity (Wildman–Crippen MR) is 100 cm³/mol. The van der Waals surface area contributed by atoms with Gasteiger partial charge in [-0.25, -0.2) is 17.2 Å². The molecule has 1 amide bonds. The molecule has 0 bridgehead atoms. The molecule has 0 spiro atoms. The summed E-state index contributed by atoms with van der Waals surface area (Å²) in [5, 5.41) is 2.57. The minimum absolute atomic E-state index is 0.0821. The third-order valence-electron chi connectivity index (χ3n) is 4.94. The lowest BCUT2D eigenvalue weighted by Crippen LogP contribution is -3.19. The van der Waals surface area contributed by atoms with Crippen molar-refractivity contribution in [2.75, 3.05) is 31.5 Å². The van der Waals surface area contributed by atoms with Crippen molar-refractivity contribution >= 4 is 21.6 Å². The number of quaternary nitrogens is 1. The van der Waals surface area contributed by atoms with E-state index in [9.17, 15) is 22.0 Å². The van der Waals surface area contributed by atoms with Gasteiger partial charge >= 0.3 is 0 Å². The molecular weight excluding hydrogens is 388 g/mol. The second-order valence-electron chi connectivity index (χ2n) is 6.71. The fourth-order valence-electron chi connectivity index (χ4n) is 3.21. The summed E-state index contributed by atoms with van der Waals surface area (Å²) in [6.45, 7) is 2.99. The molecule has 1 aliphatic heterocycles. The summed E-state index contributed by atoms with van der Waals surface area (Å²) >= 11 is 0. The van der Waals surface area contributed by atoms with Crippen LogP contribution < -0.4 is 10.2 Å². The van der Waals surface area contributed by atoms with Gasteiger partial charge in [0.25, 0.3) is 5.91 Å². The van der Waals surface area contributed by atoms with Crippen molar-refractivity contribution in [3.63, 3.8) is 0 Å². The zero-order chi connectivity index (χ0) is 20.3. The molecule has 0 unspecified atom stereocenters. The first-order valence-corrected chi connectivity index (χ1v) is 10.4. The smallest absolute Gasteiger partial charge is 0.282 e. The van der Waals surface area contributed by atoms with Crippen LogP contribution in [0.4, 0.5) is 14.5 Å². The summed E-state index contributed by atoms with van der Waals surface area (Å²) < 4.78 is 53.7. The Morgan fingerprint density at radius 1 is 1.11 bits per heavy atom. The summed E-state index contributed by atoms with van der Waals surface area (Å²) in [5.41, 5.74) is 0.117. The molecule has 28 heavy (non-hydrogen) atoms. The molecule has 2 N–H and O–H groups in total. The number of anilines is 1. The van der Waals surface area contributed by atoms with Crippen LogP contribution in [0.1, 0.15) is 6.92 Å². The number of sulfonamides is 1. The van der Waals surface area contributed by atoms with Crippen LogP contribution >= 0.6 is 0 Å². The molecule has 0 aliphatic carbocycles. The number of halogens is 2. The topological polar surface area (TPSA) is 70.9 Å². The normalized spacial score (nSPS) is 17.2. The maximum absolute atomic E-state index is 13.7. The van der Waals surface area contributed by atoms with E-state index in [1.165, 1.54) is 40.7 Å². The highest BCUT2D eigenvalue weighted by Gasteiger charge is 2.34. The van der Waals surface area contributed by atoms with Crippen molar-refractivity contribution in [2.24, 2.45) is 0 Å². The standard InChI is InChI=1S/C19H21F2N3O3S/c1-14(19(25)22-18-8-3-2-7-17(18)21)23-9-11-24(12-10-23)28(26,27)16-6-4-5-15(20)13-16/h2-8,13-14H,9-12H2,1H3,(H,22,25)/p+1/t14-/m0/s1. The predicted octanol–water partition coefficient (Wildman–Crippen LogP) is 0.881. The third-order valence-corrected chi connectivity index (χ3v) is 6.83. The molecule has 0 saturated carbocycles. The van der Waals surface area contributed by atoms with Gasteiger partial charge in [0, 0.05) is 0 Å². The number of amides is 1. The number of hydrogen-bond acceptors (Lipinski definition) is 3. The van der Waals surface area contributed by atoms with Crippen LogP contribution in [0.15, 0.2) is 53.4 Å². The van der Waals surface area contributed by atoms with Gasteiger partial charge in [0.2, 0.25) is 10.0 Å². The average molecular weight is 410 g/mol. The Balaban J connectivity index is 1.61. The van der Waals surface area contributed by atoms with E-state index in [1.54, 1.807) is 13.0 Å². The maximum Gasteiger partial charge on any atom is 0.282 e. The fraction of sp³-hybridized carbons (Fsp3) is 0.316. The number of carbonyl (C=O) groups excluding carboxylic acids is 1. The van der Waals surface area contributed by atoms with Crippen LogP contribution in [0.2, 0.25) is 0 Å². The molecule has 0 radical (unpaired) electrons. The first-order chi connectivity index (χ1) is 13.3. The van der Waals surface area contributed by atoms with Gasteiger partial charge < -0.3 is 10.2 Å². The summed E-state index contributed by atoms with van der Waals surface area (Å²) in [7, 11) is -3.78. The van der Waals surface area contributed by atoms with Crippen LogP contribution in [0.25, 0.3) is 0 Å². The van der Waals surface area contributed by atoms with Crippen molar-refractivity contribution in [3.8, 4) is 0 Å². The van der Waals surface area contributed by atoms with Crippen LogP contribution in [0.5, 0.6) is 0 Å². The number of piperazine rings is 1. The van der Waals surface area contributed by atoms with E-state index in [-0.39, 0.29) is 29.6 Å².